The van der Waals surface area contributed by atoms with Gasteiger partial charge in [0.25, 0.3) is 0 Å². The molecule has 0 aliphatic carbocycles. The van der Waals surface area contributed by atoms with Crippen molar-refractivity contribution in [2.75, 3.05) is 26.2 Å². The Morgan fingerprint density at radius 2 is 2.09 bits per heavy atom. The maximum atomic E-state index is 12.4. The van der Waals surface area contributed by atoms with Crippen molar-refractivity contribution in [3.63, 3.8) is 0 Å². The molecule has 22 heavy (non-hydrogen) atoms. The monoisotopic (exact) mass is 324 g/mol. The summed E-state index contributed by atoms with van der Waals surface area (Å²) in [4.78, 5) is 21.4. The van der Waals surface area contributed by atoms with E-state index < -0.39 is 0 Å². The molecule has 1 atom stereocenters. The number of aromatic nitrogens is 1. The molecular weight excluding hydrogens is 296 g/mol. The minimum atomic E-state index is -0.127. The highest BCUT2D eigenvalue weighted by Crippen LogP contribution is 2.13. The molecule has 0 radical (unpaired) electrons. The summed E-state index contributed by atoms with van der Waals surface area (Å²) in [6, 6.07) is -0.0627. The van der Waals surface area contributed by atoms with Crippen molar-refractivity contribution in [1.29, 1.82) is 0 Å². The van der Waals surface area contributed by atoms with Crippen LogP contribution in [-0.4, -0.2) is 58.5 Å². The summed E-state index contributed by atoms with van der Waals surface area (Å²) < 4.78 is 0. The summed E-state index contributed by atoms with van der Waals surface area (Å²) in [5.74, 6) is 0.139. The van der Waals surface area contributed by atoms with Gasteiger partial charge in [-0.3, -0.25) is 14.6 Å². The van der Waals surface area contributed by atoms with Gasteiger partial charge in [-0.2, -0.15) is 0 Å². The summed E-state index contributed by atoms with van der Waals surface area (Å²) in [6.07, 6.45) is 0.937. The highest BCUT2D eigenvalue weighted by molar-refractivity contribution is 7.07. The molecule has 0 bridgehead atoms. The van der Waals surface area contributed by atoms with Gasteiger partial charge in [-0.25, -0.2) is 4.98 Å². The van der Waals surface area contributed by atoms with Crippen molar-refractivity contribution >= 4 is 17.2 Å². The fourth-order valence-electron chi connectivity index (χ4n) is 2.55. The molecule has 1 N–H and O–H groups in total. The second-order valence-electron chi connectivity index (χ2n) is 6.69. The van der Waals surface area contributed by atoms with Crippen LogP contribution in [0.5, 0.6) is 0 Å². The Kier molecular flexibility index (Phi) is 5.94. The Hall–Kier alpha value is -0.980. The summed E-state index contributed by atoms with van der Waals surface area (Å²) in [5.41, 5.74) is 2.90. The molecule has 1 saturated heterocycles. The smallest absolute Gasteiger partial charge is 0.237 e. The number of thiazole rings is 1. The average Bonchev–Trinajstić information content (AvgIpc) is 3.00. The zero-order valence-electron chi connectivity index (χ0n) is 14.1. The average molecular weight is 324 g/mol. The molecule has 1 aliphatic rings. The number of carbonyl (C=O) groups excluding carboxylic acids is 1. The highest BCUT2D eigenvalue weighted by Gasteiger charge is 2.28. The van der Waals surface area contributed by atoms with Crippen LogP contribution in [0.1, 0.15) is 39.8 Å². The second kappa shape index (κ2) is 7.53. The molecule has 124 valence electrons. The van der Waals surface area contributed by atoms with E-state index in [1.165, 1.54) is 0 Å². The van der Waals surface area contributed by atoms with Crippen LogP contribution in [0.4, 0.5) is 0 Å². The van der Waals surface area contributed by atoms with Gasteiger partial charge in [0.05, 0.1) is 17.2 Å². The van der Waals surface area contributed by atoms with E-state index in [0.29, 0.717) is 0 Å². The minimum absolute atomic E-state index is 0.0627. The number of piperazine rings is 1. The quantitative estimate of drug-likeness (QED) is 0.869. The van der Waals surface area contributed by atoms with Gasteiger partial charge in [0.1, 0.15) is 0 Å². The van der Waals surface area contributed by atoms with Gasteiger partial charge in [0.15, 0.2) is 0 Å². The van der Waals surface area contributed by atoms with Gasteiger partial charge in [-0.15, -0.1) is 11.3 Å². The molecule has 1 aliphatic heterocycles. The molecule has 1 aromatic heterocycles. The van der Waals surface area contributed by atoms with E-state index in [9.17, 15) is 4.79 Å². The zero-order valence-corrected chi connectivity index (χ0v) is 14.9. The van der Waals surface area contributed by atoms with Crippen molar-refractivity contribution in [1.82, 2.24) is 20.1 Å². The molecule has 0 unspecified atom stereocenters. The van der Waals surface area contributed by atoms with Crippen molar-refractivity contribution in [2.24, 2.45) is 0 Å². The largest absolute Gasteiger partial charge is 0.350 e. The molecule has 1 fully saturated rings. The predicted octanol–water partition coefficient (Wildman–Crippen LogP) is 1.95. The second-order valence-corrected chi connectivity index (χ2v) is 7.41. The normalized spacial score (nSPS) is 19.1. The third-order valence-corrected chi connectivity index (χ3v) is 5.18. The van der Waals surface area contributed by atoms with Crippen LogP contribution in [0, 0.1) is 0 Å². The van der Waals surface area contributed by atoms with E-state index in [-0.39, 0.29) is 17.5 Å². The van der Waals surface area contributed by atoms with Gasteiger partial charge in [-0.05, 0) is 27.2 Å². The Balaban J connectivity index is 1.79. The number of hydrogen-bond acceptors (Lipinski definition) is 5. The van der Waals surface area contributed by atoms with E-state index >= 15 is 0 Å². The lowest BCUT2D eigenvalue weighted by molar-refractivity contribution is -0.128. The number of nitrogens with zero attached hydrogens (tertiary/aromatic N) is 3. The van der Waals surface area contributed by atoms with Crippen molar-refractivity contribution < 1.29 is 4.79 Å². The molecule has 6 heteroatoms. The maximum Gasteiger partial charge on any atom is 0.237 e. The zero-order chi connectivity index (χ0) is 16.2. The van der Waals surface area contributed by atoms with Crippen LogP contribution < -0.4 is 5.32 Å². The standard InChI is InChI=1S/C16H28N4OS/c1-5-16(3,4)18-15(21)13(2)20-8-6-19(7-9-20)10-14-11-22-12-17-14/h11-13H,5-10H2,1-4H3,(H,18,21)/t13-/m0/s1. The first-order valence-electron chi connectivity index (χ1n) is 8.07. The molecule has 1 amide bonds. The molecule has 0 spiro atoms. The number of nitrogens with one attached hydrogen (secondary N) is 1. The van der Waals surface area contributed by atoms with Crippen LogP contribution in [0.3, 0.4) is 0 Å². The third-order valence-electron chi connectivity index (χ3n) is 4.55. The van der Waals surface area contributed by atoms with Crippen LogP contribution in [0.2, 0.25) is 0 Å². The van der Waals surface area contributed by atoms with Crippen molar-refractivity contribution in [3.8, 4) is 0 Å². The number of rotatable bonds is 6. The van der Waals surface area contributed by atoms with E-state index in [0.717, 1.165) is 44.8 Å². The number of hydrogen-bond donors (Lipinski definition) is 1. The maximum absolute atomic E-state index is 12.4. The SMILES string of the molecule is CCC(C)(C)NC(=O)[C@H](C)N1CCN(Cc2cscn2)CC1. The number of carbonyl (C=O) groups is 1. The molecule has 0 saturated carbocycles. The molecule has 1 aromatic rings. The summed E-state index contributed by atoms with van der Waals surface area (Å²) in [7, 11) is 0. The summed E-state index contributed by atoms with van der Waals surface area (Å²) >= 11 is 1.64. The van der Waals surface area contributed by atoms with E-state index in [2.05, 4.69) is 46.3 Å². The summed E-state index contributed by atoms with van der Waals surface area (Å²) in [6.45, 7) is 13.0. The van der Waals surface area contributed by atoms with Crippen LogP contribution in [0.15, 0.2) is 10.9 Å². The van der Waals surface area contributed by atoms with E-state index in [4.69, 9.17) is 0 Å². The first-order valence-corrected chi connectivity index (χ1v) is 9.01. The Morgan fingerprint density at radius 3 is 2.64 bits per heavy atom. The van der Waals surface area contributed by atoms with Gasteiger partial charge in [0.2, 0.25) is 5.91 Å². The molecule has 0 aromatic carbocycles. The first-order chi connectivity index (χ1) is 10.4. The lowest BCUT2D eigenvalue weighted by atomic mass is 10.0. The molecule has 2 heterocycles. The summed E-state index contributed by atoms with van der Waals surface area (Å²) in [5, 5.41) is 5.25. The Labute approximate surface area is 137 Å². The van der Waals surface area contributed by atoms with E-state index in [1.807, 2.05) is 12.4 Å². The van der Waals surface area contributed by atoms with Crippen molar-refractivity contribution in [2.45, 2.75) is 52.2 Å². The van der Waals surface area contributed by atoms with Gasteiger partial charge >= 0.3 is 0 Å². The van der Waals surface area contributed by atoms with Crippen LogP contribution >= 0.6 is 11.3 Å². The molecular formula is C16H28N4OS. The third kappa shape index (κ3) is 4.76. The predicted molar refractivity (Wildman–Crippen MR) is 90.9 cm³/mol. The van der Waals surface area contributed by atoms with Gasteiger partial charge in [0, 0.05) is 43.6 Å². The lowest BCUT2D eigenvalue weighted by Crippen LogP contribution is -2.56. The fraction of sp³-hybridized carbons (Fsp3) is 0.750. The Morgan fingerprint density at radius 1 is 1.41 bits per heavy atom. The lowest BCUT2D eigenvalue weighted by Gasteiger charge is -2.38. The van der Waals surface area contributed by atoms with Crippen molar-refractivity contribution in [3.05, 3.63) is 16.6 Å². The van der Waals surface area contributed by atoms with Crippen LogP contribution in [0.25, 0.3) is 0 Å². The Bertz CT molecular complexity index is 467. The van der Waals surface area contributed by atoms with Crippen LogP contribution in [-0.2, 0) is 11.3 Å². The molecule has 2 rings (SSSR count). The van der Waals surface area contributed by atoms with E-state index in [1.54, 1.807) is 11.3 Å². The molecule has 5 nitrogen and oxygen atoms in total. The first kappa shape index (κ1) is 17.4. The topological polar surface area (TPSA) is 48.5 Å². The number of amides is 1. The fourth-order valence-corrected chi connectivity index (χ4v) is 3.10. The van der Waals surface area contributed by atoms with Gasteiger partial charge < -0.3 is 5.32 Å². The van der Waals surface area contributed by atoms with Gasteiger partial charge in [-0.1, -0.05) is 6.92 Å². The minimum Gasteiger partial charge on any atom is -0.350 e. The highest BCUT2D eigenvalue weighted by atomic mass is 32.1.